The lowest BCUT2D eigenvalue weighted by molar-refractivity contribution is 0.0927. The second-order valence-corrected chi connectivity index (χ2v) is 6.05. The number of imidazole rings is 1. The Labute approximate surface area is 133 Å². The number of carbonyl (C=O) groups excluding carboxylic acids is 1. The number of aromatic nitrogens is 2. The maximum atomic E-state index is 12.6. The number of rotatable bonds is 5. The van der Waals surface area contributed by atoms with Crippen LogP contribution >= 0.6 is 11.3 Å². The number of fused-ring (bicyclic) bond motifs is 1. The van der Waals surface area contributed by atoms with Gasteiger partial charge in [0.15, 0.2) is 11.5 Å². The van der Waals surface area contributed by atoms with Crippen LogP contribution in [0.2, 0.25) is 0 Å². The monoisotopic (exact) mass is 321 g/mol. The fraction of sp³-hybridized carbons (Fsp3) is 0.467. The Balaban J connectivity index is 1.80. The van der Waals surface area contributed by atoms with Crippen LogP contribution in [0.3, 0.4) is 0 Å². The average Bonchev–Trinajstić information content (AvgIpc) is 3.12. The summed E-state index contributed by atoms with van der Waals surface area (Å²) in [4.78, 5) is 17.5. The van der Waals surface area contributed by atoms with E-state index in [1.165, 1.54) is 11.3 Å². The van der Waals surface area contributed by atoms with Crippen LogP contribution < -0.4 is 14.8 Å². The molecular weight excluding hydrogens is 302 g/mol. The highest BCUT2D eigenvalue weighted by atomic mass is 32.1. The molecule has 1 atom stereocenters. The van der Waals surface area contributed by atoms with Gasteiger partial charge >= 0.3 is 0 Å². The number of thiophene rings is 1. The van der Waals surface area contributed by atoms with Crippen molar-refractivity contribution < 1.29 is 14.3 Å². The molecule has 0 bridgehead atoms. The first-order valence-corrected chi connectivity index (χ1v) is 8.23. The minimum atomic E-state index is -0.141. The molecule has 1 amide bonds. The first kappa shape index (κ1) is 14.9. The van der Waals surface area contributed by atoms with Crippen molar-refractivity contribution in [2.75, 3.05) is 13.2 Å². The molecule has 2 aromatic heterocycles. The van der Waals surface area contributed by atoms with Crippen LogP contribution in [0.1, 0.15) is 41.3 Å². The van der Waals surface area contributed by atoms with Crippen LogP contribution in [-0.4, -0.2) is 28.7 Å². The van der Waals surface area contributed by atoms with Crippen molar-refractivity contribution in [1.29, 1.82) is 0 Å². The fourth-order valence-electron chi connectivity index (χ4n) is 2.51. The summed E-state index contributed by atoms with van der Waals surface area (Å²) in [7, 11) is 1.93. The highest BCUT2D eigenvalue weighted by Gasteiger charge is 2.26. The fourth-order valence-corrected chi connectivity index (χ4v) is 3.34. The van der Waals surface area contributed by atoms with Crippen LogP contribution in [0.25, 0.3) is 0 Å². The van der Waals surface area contributed by atoms with Gasteiger partial charge in [-0.1, -0.05) is 13.3 Å². The van der Waals surface area contributed by atoms with Crippen molar-refractivity contribution >= 4 is 17.2 Å². The van der Waals surface area contributed by atoms with Gasteiger partial charge in [-0.15, -0.1) is 11.3 Å². The summed E-state index contributed by atoms with van der Waals surface area (Å²) in [6.45, 7) is 3.09. The van der Waals surface area contributed by atoms with Gasteiger partial charge in [-0.2, -0.15) is 0 Å². The summed E-state index contributed by atoms with van der Waals surface area (Å²) in [5, 5.41) is 4.88. The van der Waals surface area contributed by atoms with E-state index < -0.39 is 0 Å². The zero-order valence-electron chi connectivity index (χ0n) is 12.7. The molecule has 7 heteroatoms. The van der Waals surface area contributed by atoms with Gasteiger partial charge in [-0.05, 0) is 6.42 Å². The molecule has 6 nitrogen and oxygen atoms in total. The lowest BCUT2D eigenvalue weighted by atomic mass is 10.1. The first-order chi connectivity index (χ1) is 10.7. The van der Waals surface area contributed by atoms with E-state index in [1.807, 2.05) is 23.2 Å². The maximum absolute atomic E-state index is 12.6. The number of nitrogens with one attached hydrogen (secondary N) is 1. The molecule has 1 aliphatic rings. The van der Waals surface area contributed by atoms with Crippen molar-refractivity contribution in [3.63, 3.8) is 0 Å². The largest absolute Gasteiger partial charge is 0.485 e. The number of hydrogen-bond acceptors (Lipinski definition) is 5. The van der Waals surface area contributed by atoms with Gasteiger partial charge in [-0.25, -0.2) is 4.98 Å². The standard InChI is InChI=1S/C15H19N3O3S/c1-3-4-10(14-16-5-6-18(14)2)17-15(19)13-12-11(9-22-13)20-7-8-21-12/h5-6,9-10H,3-4,7-8H2,1-2H3,(H,17,19). The van der Waals surface area contributed by atoms with E-state index >= 15 is 0 Å². The van der Waals surface area contributed by atoms with Crippen molar-refractivity contribution in [3.8, 4) is 11.5 Å². The second kappa shape index (κ2) is 6.39. The maximum Gasteiger partial charge on any atom is 0.265 e. The van der Waals surface area contributed by atoms with Crippen LogP contribution in [0.5, 0.6) is 11.5 Å². The lowest BCUT2D eigenvalue weighted by Gasteiger charge is -2.19. The number of carbonyl (C=O) groups is 1. The average molecular weight is 321 g/mol. The minimum Gasteiger partial charge on any atom is -0.485 e. The molecule has 0 spiro atoms. The van der Waals surface area contributed by atoms with E-state index in [0.717, 1.165) is 18.7 Å². The van der Waals surface area contributed by atoms with Gasteiger partial charge in [0.2, 0.25) is 0 Å². The molecule has 0 radical (unpaired) electrons. The summed E-state index contributed by atoms with van der Waals surface area (Å²) in [5.41, 5.74) is 0. The Bertz CT molecular complexity index is 665. The van der Waals surface area contributed by atoms with Crippen molar-refractivity contribution in [2.45, 2.75) is 25.8 Å². The molecule has 1 N–H and O–H groups in total. The second-order valence-electron chi connectivity index (χ2n) is 5.17. The molecule has 1 unspecified atom stereocenters. The van der Waals surface area contributed by atoms with Gasteiger partial charge in [0.05, 0.1) is 6.04 Å². The van der Waals surface area contributed by atoms with E-state index in [0.29, 0.717) is 29.6 Å². The Hall–Kier alpha value is -2.02. The van der Waals surface area contributed by atoms with Gasteiger partial charge in [0, 0.05) is 24.8 Å². The summed E-state index contributed by atoms with van der Waals surface area (Å²) in [6.07, 6.45) is 5.42. The minimum absolute atomic E-state index is 0.111. The van der Waals surface area contributed by atoms with E-state index in [-0.39, 0.29) is 11.9 Å². The number of aryl methyl sites for hydroxylation is 1. The third-order valence-corrected chi connectivity index (χ3v) is 4.50. The number of amides is 1. The molecule has 0 aliphatic carbocycles. The van der Waals surface area contributed by atoms with E-state index in [1.54, 1.807) is 6.20 Å². The number of hydrogen-bond donors (Lipinski definition) is 1. The van der Waals surface area contributed by atoms with Gasteiger partial charge in [-0.3, -0.25) is 4.79 Å². The molecule has 3 heterocycles. The molecule has 2 aromatic rings. The molecule has 118 valence electrons. The normalized spacial score (nSPS) is 14.6. The van der Waals surface area contributed by atoms with Crippen LogP contribution in [0, 0.1) is 0 Å². The van der Waals surface area contributed by atoms with E-state index in [2.05, 4.69) is 17.2 Å². The Morgan fingerprint density at radius 2 is 2.32 bits per heavy atom. The van der Waals surface area contributed by atoms with Crippen LogP contribution in [0.15, 0.2) is 17.8 Å². The number of ether oxygens (including phenoxy) is 2. The van der Waals surface area contributed by atoms with Crippen molar-refractivity contribution in [1.82, 2.24) is 14.9 Å². The van der Waals surface area contributed by atoms with Gasteiger partial charge < -0.3 is 19.4 Å². The highest BCUT2D eigenvalue weighted by molar-refractivity contribution is 7.12. The third-order valence-electron chi connectivity index (χ3n) is 3.56. The molecule has 3 rings (SSSR count). The highest BCUT2D eigenvalue weighted by Crippen LogP contribution is 2.39. The number of nitrogens with zero attached hydrogens (tertiary/aromatic N) is 2. The van der Waals surface area contributed by atoms with Crippen LogP contribution in [0.4, 0.5) is 0 Å². The first-order valence-electron chi connectivity index (χ1n) is 7.36. The Kier molecular flexibility index (Phi) is 4.33. The molecule has 0 aromatic carbocycles. The lowest BCUT2D eigenvalue weighted by Crippen LogP contribution is -2.30. The van der Waals surface area contributed by atoms with E-state index in [9.17, 15) is 4.79 Å². The van der Waals surface area contributed by atoms with Crippen molar-refractivity contribution in [3.05, 3.63) is 28.5 Å². The molecule has 0 saturated heterocycles. The zero-order chi connectivity index (χ0) is 15.5. The molecule has 0 saturated carbocycles. The van der Waals surface area contributed by atoms with Crippen LogP contribution in [-0.2, 0) is 7.05 Å². The quantitative estimate of drug-likeness (QED) is 0.919. The Morgan fingerprint density at radius 1 is 1.50 bits per heavy atom. The van der Waals surface area contributed by atoms with Gasteiger partial charge in [0.1, 0.15) is 23.9 Å². The van der Waals surface area contributed by atoms with Crippen molar-refractivity contribution in [2.24, 2.45) is 7.05 Å². The summed E-state index contributed by atoms with van der Waals surface area (Å²) in [5.74, 6) is 1.94. The topological polar surface area (TPSA) is 65.4 Å². The zero-order valence-corrected chi connectivity index (χ0v) is 13.5. The summed E-state index contributed by atoms with van der Waals surface area (Å²) < 4.78 is 13.0. The molecule has 22 heavy (non-hydrogen) atoms. The molecular formula is C15H19N3O3S. The Morgan fingerprint density at radius 3 is 3.05 bits per heavy atom. The third kappa shape index (κ3) is 2.81. The summed E-state index contributed by atoms with van der Waals surface area (Å²) >= 11 is 1.35. The SMILES string of the molecule is CCCC(NC(=O)c1scc2c1OCCO2)c1nccn1C. The van der Waals surface area contributed by atoms with E-state index in [4.69, 9.17) is 9.47 Å². The summed E-state index contributed by atoms with van der Waals surface area (Å²) in [6, 6.07) is -0.111. The van der Waals surface area contributed by atoms with Gasteiger partial charge in [0.25, 0.3) is 5.91 Å². The smallest absolute Gasteiger partial charge is 0.265 e. The molecule has 1 aliphatic heterocycles. The predicted molar refractivity (Wildman–Crippen MR) is 83.6 cm³/mol. The predicted octanol–water partition coefficient (Wildman–Crippen LogP) is 2.52. The molecule has 0 fully saturated rings.